The summed E-state index contributed by atoms with van der Waals surface area (Å²) < 4.78 is 0. The van der Waals surface area contributed by atoms with Crippen molar-refractivity contribution in [3.8, 4) is 6.07 Å². The Kier molecular flexibility index (Phi) is 3.10. The van der Waals surface area contributed by atoms with Crippen molar-refractivity contribution in [1.82, 2.24) is 4.98 Å². The molecule has 0 amide bonds. The molecule has 1 aliphatic heterocycles. The summed E-state index contributed by atoms with van der Waals surface area (Å²) in [5.41, 5.74) is 9.21. The van der Waals surface area contributed by atoms with Crippen molar-refractivity contribution in [2.75, 3.05) is 11.4 Å². The fraction of sp³-hybridized carbons (Fsp3) is 0.125. The van der Waals surface area contributed by atoms with Crippen LogP contribution in [-0.2, 0) is 6.54 Å². The third kappa shape index (κ3) is 2.10. The number of hydrogen-bond donors (Lipinski definition) is 1. The lowest BCUT2D eigenvalue weighted by molar-refractivity contribution is 0.822. The fourth-order valence-electron chi connectivity index (χ4n) is 2.40. The SMILES string of the molecule is N#CC1=C(N)c2cccnc2N(Cc2ccccc2)C1. The molecule has 0 unspecified atom stereocenters. The predicted molar refractivity (Wildman–Crippen MR) is 78.4 cm³/mol. The van der Waals surface area contributed by atoms with E-state index >= 15 is 0 Å². The number of nitriles is 1. The first-order chi connectivity index (χ1) is 9.79. The Labute approximate surface area is 117 Å². The van der Waals surface area contributed by atoms with Crippen molar-refractivity contribution in [2.45, 2.75) is 6.54 Å². The quantitative estimate of drug-likeness (QED) is 0.901. The minimum Gasteiger partial charge on any atom is -0.397 e. The van der Waals surface area contributed by atoms with Crippen LogP contribution < -0.4 is 10.6 Å². The maximum Gasteiger partial charge on any atom is 0.138 e. The van der Waals surface area contributed by atoms with Gasteiger partial charge in [0.05, 0.1) is 23.9 Å². The van der Waals surface area contributed by atoms with E-state index in [1.807, 2.05) is 30.3 Å². The molecule has 98 valence electrons. The van der Waals surface area contributed by atoms with Gasteiger partial charge in [0.15, 0.2) is 0 Å². The second kappa shape index (κ2) is 5.06. The van der Waals surface area contributed by atoms with Crippen LogP contribution in [0.25, 0.3) is 5.70 Å². The first kappa shape index (κ1) is 12.2. The number of nitrogens with two attached hydrogens (primary N) is 1. The molecule has 4 heteroatoms. The highest BCUT2D eigenvalue weighted by Crippen LogP contribution is 2.30. The van der Waals surface area contributed by atoms with E-state index in [2.05, 4.69) is 28.1 Å². The van der Waals surface area contributed by atoms with E-state index in [-0.39, 0.29) is 0 Å². The molecule has 2 heterocycles. The molecule has 2 N–H and O–H groups in total. The summed E-state index contributed by atoms with van der Waals surface area (Å²) in [6, 6.07) is 16.1. The molecule has 0 saturated carbocycles. The molecule has 3 rings (SSSR count). The van der Waals surface area contributed by atoms with E-state index in [4.69, 9.17) is 5.73 Å². The Hall–Kier alpha value is -2.80. The van der Waals surface area contributed by atoms with Crippen LogP contribution in [0.4, 0.5) is 5.82 Å². The van der Waals surface area contributed by atoms with Gasteiger partial charge in [0, 0.05) is 18.3 Å². The van der Waals surface area contributed by atoms with Crippen molar-refractivity contribution in [1.29, 1.82) is 5.26 Å². The Balaban J connectivity index is 2.00. The highest BCUT2D eigenvalue weighted by Gasteiger charge is 2.23. The minimum atomic E-state index is 0.501. The van der Waals surface area contributed by atoms with E-state index in [0.717, 1.165) is 11.4 Å². The fourth-order valence-corrected chi connectivity index (χ4v) is 2.40. The molecule has 20 heavy (non-hydrogen) atoms. The molecule has 4 nitrogen and oxygen atoms in total. The third-order valence-corrected chi connectivity index (χ3v) is 3.40. The Morgan fingerprint density at radius 3 is 2.75 bits per heavy atom. The summed E-state index contributed by atoms with van der Waals surface area (Å²) in [5.74, 6) is 0.841. The van der Waals surface area contributed by atoms with Gasteiger partial charge in [0.25, 0.3) is 0 Å². The zero-order valence-electron chi connectivity index (χ0n) is 11.0. The molecule has 0 bridgehead atoms. The lowest BCUT2D eigenvalue weighted by atomic mass is 10.0. The third-order valence-electron chi connectivity index (χ3n) is 3.40. The average molecular weight is 262 g/mol. The van der Waals surface area contributed by atoms with E-state index < -0.39 is 0 Å². The summed E-state index contributed by atoms with van der Waals surface area (Å²) in [4.78, 5) is 6.50. The molecule has 0 aliphatic carbocycles. The van der Waals surface area contributed by atoms with Crippen LogP contribution in [0.1, 0.15) is 11.1 Å². The van der Waals surface area contributed by atoms with Gasteiger partial charge in [-0.2, -0.15) is 5.26 Å². The van der Waals surface area contributed by atoms with Crippen molar-refractivity contribution >= 4 is 11.5 Å². The van der Waals surface area contributed by atoms with Crippen molar-refractivity contribution < 1.29 is 0 Å². The van der Waals surface area contributed by atoms with Crippen LogP contribution in [0, 0.1) is 11.3 Å². The summed E-state index contributed by atoms with van der Waals surface area (Å²) in [6.07, 6.45) is 1.75. The number of benzene rings is 1. The summed E-state index contributed by atoms with van der Waals surface area (Å²) in [7, 11) is 0. The Bertz CT molecular complexity index is 698. The van der Waals surface area contributed by atoms with Gasteiger partial charge < -0.3 is 10.6 Å². The molecule has 1 aromatic heterocycles. The van der Waals surface area contributed by atoms with Crippen molar-refractivity contribution in [3.63, 3.8) is 0 Å². The standard InChI is InChI=1S/C16H14N4/c17-9-13-11-20(10-12-5-2-1-3-6-12)16-14(15(13)18)7-4-8-19-16/h1-8H,10-11,18H2. The number of nitrogens with zero attached hydrogens (tertiary/aromatic N) is 3. The van der Waals surface area contributed by atoms with Crippen LogP contribution in [0.5, 0.6) is 0 Å². The number of rotatable bonds is 2. The lowest BCUT2D eigenvalue weighted by Gasteiger charge is -2.30. The zero-order valence-corrected chi connectivity index (χ0v) is 11.0. The van der Waals surface area contributed by atoms with Gasteiger partial charge in [-0.3, -0.25) is 0 Å². The molecular formula is C16H14N4. The van der Waals surface area contributed by atoms with Crippen LogP contribution in [0.3, 0.4) is 0 Å². The zero-order chi connectivity index (χ0) is 13.9. The first-order valence-corrected chi connectivity index (χ1v) is 6.42. The number of aromatic nitrogens is 1. The summed E-state index contributed by atoms with van der Waals surface area (Å²) >= 11 is 0. The average Bonchev–Trinajstić information content (AvgIpc) is 2.51. The Morgan fingerprint density at radius 1 is 1.20 bits per heavy atom. The molecule has 0 saturated heterocycles. The number of anilines is 1. The number of pyridine rings is 1. The smallest absolute Gasteiger partial charge is 0.138 e. The van der Waals surface area contributed by atoms with E-state index in [1.54, 1.807) is 6.20 Å². The first-order valence-electron chi connectivity index (χ1n) is 6.42. The molecule has 1 aliphatic rings. The summed E-state index contributed by atoms with van der Waals surface area (Å²) in [5, 5.41) is 9.24. The van der Waals surface area contributed by atoms with E-state index in [1.165, 1.54) is 5.56 Å². The minimum absolute atomic E-state index is 0.501. The number of hydrogen-bond acceptors (Lipinski definition) is 4. The second-order valence-corrected chi connectivity index (χ2v) is 4.72. The maximum atomic E-state index is 9.24. The van der Waals surface area contributed by atoms with Crippen molar-refractivity contribution in [3.05, 3.63) is 65.4 Å². The molecule has 2 aromatic rings. The molecule has 0 radical (unpaired) electrons. The van der Waals surface area contributed by atoms with Gasteiger partial charge in [-0.1, -0.05) is 30.3 Å². The van der Waals surface area contributed by atoms with E-state index in [9.17, 15) is 5.26 Å². The Morgan fingerprint density at radius 2 is 2.00 bits per heavy atom. The van der Waals surface area contributed by atoms with Gasteiger partial charge in [-0.25, -0.2) is 4.98 Å². The normalized spacial score (nSPS) is 13.8. The topological polar surface area (TPSA) is 65.9 Å². The van der Waals surface area contributed by atoms with Crippen molar-refractivity contribution in [2.24, 2.45) is 5.73 Å². The van der Waals surface area contributed by atoms with E-state index in [0.29, 0.717) is 24.4 Å². The molecule has 0 spiro atoms. The van der Waals surface area contributed by atoms with Gasteiger partial charge in [0.1, 0.15) is 5.82 Å². The van der Waals surface area contributed by atoms with Gasteiger partial charge in [-0.05, 0) is 17.7 Å². The second-order valence-electron chi connectivity index (χ2n) is 4.72. The largest absolute Gasteiger partial charge is 0.397 e. The van der Waals surface area contributed by atoms with Crippen LogP contribution in [0.2, 0.25) is 0 Å². The highest BCUT2D eigenvalue weighted by molar-refractivity contribution is 5.80. The molecule has 0 atom stereocenters. The highest BCUT2D eigenvalue weighted by atomic mass is 15.2. The molecule has 1 aromatic carbocycles. The van der Waals surface area contributed by atoms with Crippen LogP contribution >= 0.6 is 0 Å². The number of fused-ring (bicyclic) bond motifs is 1. The lowest BCUT2D eigenvalue weighted by Crippen LogP contribution is -2.31. The van der Waals surface area contributed by atoms with Crippen LogP contribution in [0.15, 0.2) is 54.2 Å². The monoisotopic (exact) mass is 262 g/mol. The molecule has 0 fully saturated rings. The predicted octanol–water partition coefficient (Wildman–Crippen LogP) is 2.30. The van der Waals surface area contributed by atoms with Gasteiger partial charge in [-0.15, -0.1) is 0 Å². The van der Waals surface area contributed by atoms with Gasteiger partial charge in [0.2, 0.25) is 0 Å². The maximum absolute atomic E-state index is 9.24. The molecular weight excluding hydrogens is 248 g/mol. The van der Waals surface area contributed by atoms with Gasteiger partial charge >= 0.3 is 0 Å². The van der Waals surface area contributed by atoms with Crippen LogP contribution in [-0.4, -0.2) is 11.5 Å². The summed E-state index contributed by atoms with van der Waals surface area (Å²) in [6.45, 7) is 1.21.